The van der Waals surface area contributed by atoms with Gasteiger partial charge in [0, 0.05) is 6.54 Å². The highest BCUT2D eigenvalue weighted by Crippen LogP contribution is 2.38. The van der Waals surface area contributed by atoms with Gasteiger partial charge in [-0.05, 0) is 51.0 Å². The predicted octanol–water partition coefficient (Wildman–Crippen LogP) is 3.33. The number of rotatable bonds is 4. The molecule has 1 aromatic carbocycles. The van der Waals surface area contributed by atoms with Gasteiger partial charge in [0.05, 0.1) is 11.5 Å². The molecule has 3 heteroatoms. The first-order valence-corrected chi connectivity index (χ1v) is 8.04. The molecule has 3 N–H and O–H groups in total. The molecule has 21 heavy (non-hydrogen) atoms. The van der Waals surface area contributed by atoms with Gasteiger partial charge in [0.1, 0.15) is 0 Å². The number of hydrogen-bond donors (Lipinski definition) is 2. The van der Waals surface area contributed by atoms with Gasteiger partial charge in [-0.1, -0.05) is 36.8 Å². The fraction of sp³-hybridized carbons (Fsp3) is 0.611. The van der Waals surface area contributed by atoms with Gasteiger partial charge in [0.2, 0.25) is 5.91 Å². The van der Waals surface area contributed by atoms with E-state index in [4.69, 9.17) is 5.73 Å². The molecule has 2 rings (SSSR count). The van der Waals surface area contributed by atoms with Crippen LogP contribution in [0.2, 0.25) is 0 Å². The van der Waals surface area contributed by atoms with Crippen molar-refractivity contribution in [2.24, 2.45) is 17.1 Å². The van der Waals surface area contributed by atoms with Gasteiger partial charge >= 0.3 is 0 Å². The highest BCUT2D eigenvalue weighted by atomic mass is 16.2. The molecule has 1 aliphatic rings. The van der Waals surface area contributed by atoms with Crippen molar-refractivity contribution in [2.75, 3.05) is 6.54 Å². The van der Waals surface area contributed by atoms with Gasteiger partial charge in [-0.3, -0.25) is 4.79 Å². The largest absolute Gasteiger partial charge is 0.349 e. The van der Waals surface area contributed by atoms with Crippen molar-refractivity contribution in [3.63, 3.8) is 0 Å². The predicted molar refractivity (Wildman–Crippen MR) is 86.9 cm³/mol. The third-order valence-electron chi connectivity index (χ3n) is 5.03. The second-order valence-electron chi connectivity index (χ2n) is 6.77. The Morgan fingerprint density at radius 1 is 1.33 bits per heavy atom. The van der Waals surface area contributed by atoms with Crippen LogP contribution in [-0.2, 0) is 4.79 Å². The average Bonchev–Trinajstić information content (AvgIpc) is 2.49. The summed E-state index contributed by atoms with van der Waals surface area (Å²) in [6.45, 7) is 6.82. The minimum atomic E-state index is -0.356. The smallest absolute Gasteiger partial charge is 0.227 e. The zero-order valence-electron chi connectivity index (χ0n) is 13.5. The van der Waals surface area contributed by atoms with E-state index in [1.54, 1.807) is 0 Å². The van der Waals surface area contributed by atoms with Crippen LogP contribution in [0.3, 0.4) is 0 Å². The Morgan fingerprint density at radius 3 is 2.43 bits per heavy atom. The Hall–Kier alpha value is -1.35. The molecule has 1 fully saturated rings. The van der Waals surface area contributed by atoms with E-state index in [1.165, 1.54) is 5.56 Å². The van der Waals surface area contributed by atoms with Crippen LogP contribution in [0, 0.1) is 18.3 Å². The average molecular weight is 288 g/mol. The van der Waals surface area contributed by atoms with Gasteiger partial charge in [0.15, 0.2) is 0 Å². The molecule has 1 aromatic rings. The van der Waals surface area contributed by atoms with Crippen molar-refractivity contribution in [1.29, 1.82) is 0 Å². The molecule has 0 aromatic heterocycles. The number of hydrogen-bond acceptors (Lipinski definition) is 2. The summed E-state index contributed by atoms with van der Waals surface area (Å²) in [7, 11) is 0. The Balaban J connectivity index is 2.03. The van der Waals surface area contributed by atoms with Crippen LogP contribution < -0.4 is 11.1 Å². The summed E-state index contributed by atoms with van der Waals surface area (Å²) < 4.78 is 0. The Kier molecular flexibility index (Phi) is 5.04. The summed E-state index contributed by atoms with van der Waals surface area (Å²) in [5.41, 5.74) is 7.98. The summed E-state index contributed by atoms with van der Waals surface area (Å²) in [6.07, 6.45) is 4.03. The molecule has 1 amide bonds. The lowest BCUT2D eigenvalue weighted by Gasteiger charge is -2.38. The maximum absolute atomic E-state index is 12.7. The van der Waals surface area contributed by atoms with Crippen molar-refractivity contribution < 1.29 is 4.79 Å². The van der Waals surface area contributed by atoms with E-state index in [0.29, 0.717) is 12.5 Å². The lowest BCUT2D eigenvalue weighted by atomic mass is 9.70. The Bertz CT molecular complexity index is 472. The van der Waals surface area contributed by atoms with Crippen molar-refractivity contribution in [1.82, 2.24) is 5.32 Å². The summed E-state index contributed by atoms with van der Waals surface area (Å²) >= 11 is 0. The van der Waals surface area contributed by atoms with E-state index >= 15 is 0 Å². The van der Waals surface area contributed by atoms with E-state index in [9.17, 15) is 4.79 Å². The Labute approximate surface area is 128 Å². The Morgan fingerprint density at radius 2 is 1.90 bits per heavy atom. The second-order valence-corrected chi connectivity index (χ2v) is 6.77. The highest BCUT2D eigenvalue weighted by molar-refractivity contribution is 5.83. The molecular weight excluding hydrogens is 260 g/mol. The number of amides is 1. The van der Waals surface area contributed by atoms with Gasteiger partial charge in [-0.15, -0.1) is 0 Å². The number of benzene rings is 1. The molecule has 0 spiro atoms. The molecule has 116 valence electrons. The van der Waals surface area contributed by atoms with Gasteiger partial charge in [-0.2, -0.15) is 0 Å². The molecule has 0 heterocycles. The molecule has 1 atom stereocenters. The molecular formula is C18H28N2O. The van der Waals surface area contributed by atoms with Gasteiger partial charge < -0.3 is 11.1 Å². The molecule has 0 radical (unpaired) electrons. The van der Waals surface area contributed by atoms with E-state index < -0.39 is 0 Å². The van der Waals surface area contributed by atoms with Gasteiger partial charge in [-0.25, -0.2) is 0 Å². The summed E-state index contributed by atoms with van der Waals surface area (Å²) in [5.74, 6) is 0.844. The lowest BCUT2D eigenvalue weighted by molar-refractivity contribution is -0.133. The number of nitrogens with one attached hydrogen (secondary N) is 1. The maximum atomic E-state index is 12.7. The standard InChI is InChI=1S/C18H28N2O/c1-13-4-6-16(7-5-13)15(3)20-17(21)18(12-19)10-8-14(2)9-11-18/h4-7,14-15H,8-12,19H2,1-3H3,(H,20,21)/t14?,15-,18?/m0/s1. The third-order valence-corrected chi connectivity index (χ3v) is 5.03. The normalized spacial score (nSPS) is 27.1. The number of carbonyl (C=O) groups is 1. The van der Waals surface area contributed by atoms with E-state index in [0.717, 1.165) is 31.2 Å². The van der Waals surface area contributed by atoms with Crippen LogP contribution in [-0.4, -0.2) is 12.5 Å². The summed E-state index contributed by atoms with van der Waals surface area (Å²) in [6, 6.07) is 8.36. The molecule has 3 nitrogen and oxygen atoms in total. The van der Waals surface area contributed by atoms with Crippen LogP contribution in [0.4, 0.5) is 0 Å². The molecule has 0 aliphatic heterocycles. The monoisotopic (exact) mass is 288 g/mol. The quantitative estimate of drug-likeness (QED) is 0.893. The number of nitrogens with two attached hydrogens (primary N) is 1. The molecule has 1 aliphatic carbocycles. The molecule has 0 unspecified atom stereocenters. The first-order chi connectivity index (χ1) is 9.97. The summed E-state index contributed by atoms with van der Waals surface area (Å²) in [5, 5.41) is 3.17. The fourth-order valence-electron chi connectivity index (χ4n) is 3.13. The van der Waals surface area contributed by atoms with Crippen LogP contribution >= 0.6 is 0 Å². The third kappa shape index (κ3) is 3.65. The summed E-state index contributed by atoms with van der Waals surface area (Å²) in [4.78, 5) is 12.7. The van der Waals surface area contributed by atoms with E-state index in [2.05, 4.69) is 43.4 Å². The lowest BCUT2D eigenvalue weighted by Crippen LogP contribution is -2.48. The van der Waals surface area contributed by atoms with Crippen LogP contribution in [0.1, 0.15) is 56.7 Å². The highest BCUT2D eigenvalue weighted by Gasteiger charge is 2.40. The van der Waals surface area contributed by atoms with Crippen LogP contribution in [0.25, 0.3) is 0 Å². The van der Waals surface area contributed by atoms with Crippen molar-refractivity contribution in [3.8, 4) is 0 Å². The fourth-order valence-corrected chi connectivity index (χ4v) is 3.13. The first-order valence-electron chi connectivity index (χ1n) is 8.04. The topological polar surface area (TPSA) is 55.1 Å². The molecule has 1 saturated carbocycles. The van der Waals surface area contributed by atoms with Crippen molar-refractivity contribution in [2.45, 2.75) is 52.5 Å². The van der Waals surface area contributed by atoms with Crippen molar-refractivity contribution >= 4 is 5.91 Å². The molecule has 0 saturated heterocycles. The zero-order chi connectivity index (χ0) is 15.5. The number of aryl methyl sites for hydroxylation is 1. The first kappa shape index (κ1) is 16.0. The molecule has 0 bridgehead atoms. The minimum absolute atomic E-state index is 0.0286. The zero-order valence-corrected chi connectivity index (χ0v) is 13.5. The SMILES string of the molecule is Cc1ccc([C@H](C)NC(=O)C2(CN)CCC(C)CC2)cc1. The van der Waals surface area contributed by atoms with Gasteiger partial charge in [0.25, 0.3) is 0 Å². The van der Waals surface area contributed by atoms with E-state index in [-0.39, 0.29) is 17.4 Å². The minimum Gasteiger partial charge on any atom is -0.349 e. The van der Waals surface area contributed by atoms with Crippen LogP contribution in [0.15, 0.2) is 24.3 Å². The maximum Gasteiger partial charge on any atom is 0.227 e. The number of carbonyl (C=O) groups excluding carboxylic acids is 1. The van der Waals surface area contributed by atoms with Crippen LogP contribution in [0.5, 0.6) is 0 Å². The van der Waals surface area contributed by atoms with Crippen molar-refractivity contribution in [3.05, 3.63) is 35.4 Å². The van der Waals surface area contributed by atoms with E-state index in [1.807, 2.05) is 6.92 Å². The second kappa shape index (κ2) is 6.61.